The van der Waals surface area contributed by atoms with Crippen molar-refractivity contribution in [1.29, 1.82) is 0 Å². The van der Waals surface area contributed by atoms with Crippen molar-refractivity contribution in [2.75, 3.05) is 6.61 Å². The summed E-state index contributed by atoms with van der Waals surface area (Å²) in [5.41, 5.74) is 2.78. The lowest BCUT2D eigenvalue weighted by molar-refractivity contribution is 0.159. The zero-order valence-corrected chi connectivity index (χ0v) is 13.1. The molecule has 0 amide bonds. The van der Waals surface area contributed by atoms with Crippen molar-refractivity contribution in [3.63, 3.8) is 0 Å². The van der Waals surface area contributed by atoms with Gasteiger partial charge in [-0.3, -0.25) is 0 Å². The predicted molar refractivity (Wildman–Crippen MR) is 87.8 cm³/mol. The first-order valence-corrected chi connectivity index (χ1v) is 7.71. The second-order valence-electron chi connectivity index (χ2n) is 4.98. The second-order valence-corrected chi connectivity index (χ2v) is 5.82. The summed E-state index contributed by atoms with van der Waals surface area (Å²) < 4.78 is 0. The van der Waals surface area contributed by atoms with Gasteiger partial charge < -0.3 is 10.2 Å². The fourth-order valence-electron chi connectivity index (χ4n) is 2.22. The zero-order valence-electron chi connectivity index (χ0n) is 11.6. The summed E-state index contributed by atoms with van der Waals surface area (Å²) in [7, 11) is 0. The van der Waals surface area contributed by atoms with E-state index in [1.54, 1.807) is 12.1 Å². The van der Waals surface area contributed by atoms with Gasteiger partial charge in [-0.2, -0.15) is 0 Å². The molecule has 2 nitrogen and oxygen atoms in total. The Morgan fingerprint density at radius 2 is 1.67 bits per heavy atom. The van der Waals surface area contributed by atoms with Gasteiger partial charge in [0.25, 0.3) is 0 Å². The van der Waals surface area contributed by atoms with E-state index in [4.69, 9.17) is 28.3 Å². The zero-order chi connectivity index (χ0) is 15.2. The van der Waals surface area contributed by atoms with Crippen LogP contribution in [0.25, 0.3) is 11.1 Å². The van der Waals surface area contributed by atoms with Gasteiger partial charge in [0.2, 0.25) is 0 Å². The van der Waals surface area contributed by atoms with E-state index >= 15 is 0 Å². The van der Waals surface area contributed by atoms with E-state index in [-0.39, 0.29) is 6.61 Å². The molecule has 1 atom stereocenters. The molecule has 21 heavy (non-hydrogen) atoms. The van der Waals surface area contributed by atoms with Gasteiger partial charge in [-0.25, -0.2) is 0 Å². The van der Waals surface area contributed by atoms with Crippen LogP contribution < -0.4 is 0 Å². The summed E-state index contributed by atoms with van der Waals surface area (Å²) in [6.07, 6.45) is 1.69. The third-order valence-electron chi connectivity index (χ3n) is 3.42. The van der Waals surface area contributed by atoms with Crippen molar-refractivity contribution in [2.24, 2.45) is 0 Å². The molecule has 112 valence electrons. The standard InChI is InChI=1S/C17H18Cl2O2/c18-14-8-9-15(16(19)11-14)12-4-6-13(7-5-12)17(21)3-1-2-10-20/h4-9,11,17,20-21H,1-3,10H2/t17-/m0/s1. The molecule has 0 heterocycles. The maximum absolute atomic E-state index is 10.1. The van der Waals surface area contributed by atoms with E-state index in [2.05, 4.69) is 0 Å². The number of aliphatic hydroxyl groups is 2. The SMILES string of the molecule is OCCCC[C@H](O)c1ccc(-c2ccc(Cl)cc2Cl)cc1. The molecule has 0 bridgehead atoms. The van der Waals surface area contributed by atoms with Crippen LogP contribution in [0, 0.1) is 0 Å². The van der Waals surface area contributed by atoms with Crippen LogP contribution in [0.2, 0.25) is 10.0 Å². The average molecular weight is 325 g/mol. The van der Waals surface area contributed by atoms with Gasteiger partial charge in [-0.05, 0) is 42.5 Å². The predicted octanol–water partition coefficient (Wildman–Crippen LogP) is 4.86. The number of aliphatic hydroxyl groups excluding tert-OH is 2. The van der Waals surface area contributed by atoms with Gasteiger partial charge in [-0.15, -0.1) is 0 Å². The number of benzene rings is 2. The van der Waals surface area contributed by atoms with Crippen LogP contribution in [0.15, 0.2) is 42.5 Å². The first-order valence-electron chi connectivity index (χ1n) is 6.96. The molecule has 0 aliphatic carbocycles. The molecule has 0 aromatic heterocycles. The Balaban J connectivity index is 2.11. The largest absolute Gasteiger partial charge is 0.396 e. The molecule has 2 rings (SSSR count). The van der Waals surface area contributed by atoms with Gasteiger partial charge in [0, 0.05) is 22.2 Å². The lowest BCUT2D eigenvalue weighted by atomic mass is 9.99. The Morgan fingerprint density at radius 1 is 0.952 bits per heavy atom. The minimum absolute atomic E-state index is 0.167. The molecular formula is C17H18Cl2O2. The molecule has 0 unspecified atom stereocenters. The molecule has 2 N–H and O–H groups in total. The Labute approximate surface area is 135 Å². The molecule has 2 aromatic rings. The van der Waals surface area contributed by atoms with E-state index in [9.17, 15) is 5.11 Å². The lowest BCUT2D eigenvalue weighted by Gasteiger charge is -2.12. The maximum Gasteiger partial charge on any atom is 0.0790 e. The molecule has 0 aliphatic heterocycles. The topological polar surface area (TPSA) is 40.5 Å². The first-order chi connectivity index (χ1) is 10.1. The van der Waals surface area contributed by atoms with Crippen LogP contribution in [0.3, 0.4) is 0 Å². The van der Waals surface area contributed by atoms with Crippen LogP contribution in [-0.4, -0.2) is 16.8 Å². The Bertz CT molecular complexity index is 582. The third kappa shape index (κ3) is 4.45. The van der Waals surface area contributed by atoms with Crippen molar-refractivity contribution in [1.82, 2.24) is 0 Å². The fourth-order valence-corrected chi connectivity index (χ4v) is 2.74. The minimum atomic E-state index is -0.494. The fraction of sp³-hybridized carbons (Fsp3) is 0.294. The highest BCUT2D eigenvalue weighted by atomic mass is 35.5. The Hall–Kier alpha value is -1.06. The highest BCUT2D eigenvalue weighted by molar-refractivity contribution is 6.36. The third-order valence-corrected chi connectivity index (χ3v) is 3.97. The van der Waals surface area contributed by atoms with Gasteiger partial charge >= 0.3 is 0 Å². The van der Waals surface area contributed by atoms with Crippen molar-refractivity contribution >= 4 is 23.2 Å². The molecule has 0 fully saturated rings. The average Bonchev–Trinajstić information content (AvgIpc) is 2.48. The molecule has 0 aliphatic rings. The number of halogens is 2. The normalized spacial score (nSPS) is 12.4. The summed E-state index contributed by atoms with van der Waals surface area (Å²) in [6, 6.07) is 13.1. The second kappa shape index (κ2) is 7.81. The molecular weight excluding hydrogens is 307 g/mol. The lowest BCUT2D eigenvalue weighted by Crippen LogP contribution is -1.98. The molecule has 0 saturated heterocycles. The number of rotatable bonds is 6. The monoisotopic (exact) mass is 324 g/mol. The minimum Gasteiger partial charge on any atom is -0.396 e. The number of hydrogen-bond acceptors (Lipinski definition) is 2. The summed E-state index contributed by atoms with van der Waals surface area (Å²) in [5.74, 6) is 0. The van der Waals surface area contributed by atoms with Gasteiger partial charge in [0.15, 0.2) is 0 Å². The van der Waals surface area contributed by atoms with E-state index in [1.165, 1.54) is 0 Å². The van der Waals surface area contributed by atoms with Gasteiger partial charge in [-0.1, -0.05) is 53.5 Å². The van der Waals surface area contributed by atoms with Crippen molar-refractivity contribution < 1.29 is 10.2 Å². The molecule has 0 spiro atoms. The molecule has 4 heteroatoms. The Morgan fingerprint density at radius 3 is 2.29 bits per heavy atom. The van der Waals surface area contributed by atoms with E-state index in [1.807, 2.05) is 30.3 Å². The highest BCUT2D eigenvalue weighted by Gasteiger charge is 2.09. The summed E-state index contributed by atoms with van der Waals surface area (Å²) in [5, 5.41) is 20.0. The van der Waals surface area contributed by atoms with E-state index < -0.39 is 6.10 Å². The number of hydrogen-bond donors (Lipinski definition) is 2. The summed E-state index contributed by atoms with van der Waals surface area (Å²) >= 11 is 12.1. The highest BCUT2D eigenvalue weighted by Crippen LogP contribution is 2.31. The summed E-state index contributed by atoms with van der Waals surface area (Å²) in [4.78, 5) is 0. The quantitative estimate of drug-likeness (QED) is 0.745. The molecule has 0 radical (unpaired) electrons. The molecule has 2 aromatic carbocycles. The van der Waals surface area contributed by atoms with Gasteiger partial charge in [0.1, 0.15) is 0 Å². The van der Waals surface area contributed by atoms with Crippen LogP contribution in [0.4, 0.5) is 0 Å². The van der Waals surface area contributed by atoms with E-state index in [0.29, 0.717) is 16.5 Å². The maximum atomic E-state index is 10.1. The van der Waals surface area contributed by atoms with Gasteiger partial charge in [0.05, 0.1) is 6.10 Å². The van der Waals surface area contributed by atoms with Crippen molar-refractivity contribution in [3.8, 4) is 11.1 Å². The Kier molecular flexibility index (Phi) is 6.07. The van der Waals surface area contributed by atoms with E-state index in [0.717, 1.165) is 29.5 Å². The first kappa shape index (κ1) is 16.3. The van der Waals surface area contributed by atoms with Crippen molar-refractivity contribution in [2.45, 2.75) is 25.4 Å². The molecule has 0 saturated carbocycles. The van der Waals surface area contributed by atoms with Crippen LogP contribution >= 0.6 is 23.2 Å². The number of unbranched alkanes of at least 4 members (excludes halogenated alkanes) is 1. The van der Waals surface area contributed by atoms with Crippen LogP contribution in [-0.2, 0) is 0 Å². The smallest absolute Gasteiger partial charge is 0.0790 e. The van der Waals surface area contributed by atoms with Crippen LogP contribution in [0.1, 0.15) is 30.9 Å². The van der Waals surface area contributed by atoms with Crippen LogP contribution in [0.5, 0.6) is 0 Å². The van der Waals surface area contributed by atoms with Crippen molar-refractivity contribution in [3.05, 3.63) is 58.1 Å². The summed E-state index contributed by atoms with van der Waals surface area (Å²) in [6.45, 7) is 0.167.